The third-order valence-corrected chi connectivity index (χ3v) is 3.05. The molecule has 0 atom stereocenters. The summed E-state index contributed by atoms with van der Waals surface area (Å²) in [5.41, 5.74) is 3.07. The number of nitrogens with zero attached hydrogens (tertiary/aromatic N) is 2. The lowest BCUT2D eigenvalue weighted by Gasteiger charge is -1.97. The molecule has 1 aliphatic carbocycles. The van der Waals surface area contributed by atoms with Crippen molar-refractivity contribution in [2.75, 3.05) is 0 Å². The lowest BCUT2D eigenvalue weighted by atomic mass is 10.0. The first kappa shape index (κ1) is 13.5. The molecular formula is C17H12N2O. The molecule has 0 N–H and O–H groups in total. The Balaban J connectivity index is 2.89. The highest BCUT2D eigenvalue weighted by atomic mass is 16.1. The van der Waals surface area contributed by atoms with Crippen LogP contribution in [0.3, 0.4) is 0 Å². The van der Waals surface area contributed by atoms with Crippen molar-refractivity contribution in [3.05, 3.63) is 64.2 Å². The molecule has 2 rings (SSSR count). The van der Waals surface area contributed by atoms with Crippen LogP contribution in [-0.2, 0) is 0 Å². The largest absolute Gasteiger partial charge is 0.289 e. The molecule has 0 saturated heterocycles. The number of allylic oxidation sites excluding steroid dienone is 2. The Morgan fingerprint density at radius 2 is 1.50 bits per heavy atom. The van der Waals surface area contributed by atoms with Crippen LogP contribution >= 0.6 is 0 Å². The second-order valence-electron chi connectivity index (χ2n) is 4.66. The van der Waals surface area contributed by atoms with Gasteiger partial charge in [-0.1, -0.05) is 35.4 Å². The summed E-state index contributed by atoms with van der Waals surface area (Å²) >= 11 is 0. The van der Waals surface area contributed by atoms with Gasteiger partial charge in [-0.15, -0.1) is 0 Å². The molecule has 20 heavy (non-hydrogen) atoms. The Labute approximate surface area is 117 Å². The van der Waals surface area contributed by atoms with Gasteiger partial charge in [0.25, 0.3) is 0 Å². The average Bonchev–Trinajstić information content (AvgIpc) is 2.68. The highest BCUT2D eigenvalue weighted by molar-refractivity contribution is 6.33. The standard InChI is InChI=1S/C17H12N2O/c1-11-4-3-5-12(2)7-14-8-13(6-11)16(17(14)20)15(9-18)10-19/h3-8H,1-2H3. The van der Waals surface area contributed by atoms with E-state index in [9.17, 15) is 4.79 Å². The maximum atomic E-state index is 12.4. The number of hydrogen-bond acceptors (Lipinski definition) is 3. The van der Waals surface area contributed by atoms with Crippen LogP contribution in [0, 0.1) is 36.5 Å². The fourth-order valence-corrected chi connectivity index (χ4v) is 2.13. The minimum atomic E-state index is -0.267. The maximum absolute atomic E-state index is 12.4. The zero-order chi connectivity index (χ0) is 14.7. The monoisotopic (exact) mass is 260 g/mol. The molecule has 0 heterocycles. The topological polar surface area (TPSA) is 64.7 Å². The van der Waals surface area contributed by atoms with Gasteiger partial charge in [-0.2, -0.15) is 10.5 Å². The second kappa shape index (κ2) is 5.38. The van der Waals surface area contributed by atoms with Gasteiger partial charge in [0.2, 0.25) is 0 Å². The van der Waals surface area contributed by atoms with E-state index in [1.54, 1.807) is 24.3 Å². The van der Waals surface area contributed by atoms with Gasteiger partial charge in [0.1, 0.15) is 17.7 Å². The normalized spacial score (nSPS) is 11.4. The number of Topliss-reactive ketones (excluding diaryl/α,β-unsaturated/α-hetero) is 1. The third kappa shape index (κ3) is 2.43. The van der Waals surface area contributed by atoms with Crippen molar-refractivity contribution in [1.82, 2.24) is 0 Å². The van der Waals surface area contributed by atoms with E-state index in [-0.39, 0.29) is 16.9 Å². The predicted molar refractivity (Wildman–Crippen MR) is 76.0 cm³/mol. The number of aryl methyl sites for hydroxylation is 2. The fourth-order valence-electron chi connectivity index (χ4n) is 2.13. The minimum Gasteiger partial charge on any atom is -0.289 e. The van der Waals surface area contributed by atoms with Crippen LogP contribution in [-0.4, -0.2) is 5.78 Å². The van der Waals surface area contributed by atoms with E-state index >= 15 is 0 Å². The van der Waals surface area contributed by atoms with Gasteiger partial charge >= 0.3 is 0 Å². The molecule has 0 spiro atoms. The fraction of sp³-hybridized carbons (Fsp3) is 0.118. The molecule has 0 aromatic heterocycles. The average molecular weight is 260 g/mol. The van der Waals surface area contributed by atoms with E-state index in [1.807, 2.05) is 38.1 Å². The van der Waals surface area contributed by atoms with Crippen molar-refractivity contribution in [2.45, 2.75) is 13.8 Å². The van der Waals surface area contributed by atoms with Crippen molar-refractivity contribution in [3.8, 4) is 12.1 Å². The van der Waals surface area contributed by atoms with Gasteiger partial charge < -0.3 is 0 Å². The van der Waals surface area contributed by atoms with Gasteiger partial charge in [-0.05, 0) is 31.5 Å². The van der Waals surface area contributed by atoms with E-state index in [1.165, 1.54) is 0 Å². The van der Waals surface area contributed by atoms with Crippen molar-refractivity contribution < 1.29 is 4.79 Å². The summed E-state index contributed by atoms with van der Waals surface area (Å²) < 4.78 is 0. The summed E-state index contributed by atoms with van der Waals surface area (Å²) in [7, 11) is 0. The van der Waals surface area contributed by atoms with Gasteiger partial charge in [0.15, 0.2) is 5.78 Å². The molecule has 0 radical (unpaired) electrons. The Morgan fingerprint density at radius 3 is 2.05 bits per heavy atom. The van der Waals surface area contributed by atoms with Crippen LogP contribution in [0.15, 0.2) is 42.0 Å². The van der Waals surface area contributed by atoms with Crippen molar-refractivity contribution in [1.29, 1.82) is 10.5 Å². The SMILES string of the molecule is Cc1cccc(C)cc2cc(c1)C(=O)C2=C(C#N)C#N. The van der Waals surface area contributed by atoms with Crippen LogP contribution in [0.2, 0.25) is 0 Å². The molecule has 2 bridgehead atoms. The molecule has 0 fully saturated rings. The van der Waals surface area contributed by atoms with E-state index in [0.29, 0.717) is 11.1 Å². The van der Waals surface area contributed by atoms with E-state index in [4.69, 9.17) is 10.5 Å². The van der Waals surface area contributed by atoms with E-state index < -0.39 is 0 Å². The van der Waals surface area contributed by atoms with Gasteiger partial charge in [0, 0.05) is 5.56 Å². The molecule has 1 aliphatic rings. The molecule has 1 aromatic rings. The van der Waals surface area contributed by atoms with Crippen molar-refractivity contribution >= 4 is 11.4 Å². The minimum absolute atomic E-state index is 0.140. The van der Waals surface area contributed by atoms with E-state index in [0.717, 1.165) is 11.1 Å². The number of carbonyl (C=O) groups is 1. The smallest absolute Gasteiger partial charge is 0.195 e. The molecule has 3 heteroatoms. The molecule has 0 unspecified atom stereocenters. The second-order valence-corrected chi connectivity index (χ2v) is 4.66. The van der Waals surface area contributed by atoms with Crippen LogP contribution in [0.25, 0.3) is 5.57 Å². The predicted octanol–water partition coefficient (Wildman–Crippen LogP) is 3.42. The Kier molecular flexibility index (Phi) is 3.64. The quantitative estimate of drug-likeness (QED) is 0.530. The number of ketones is 1. The summed E-state index contributed by atoms with van der Waals surface area (Å²) in [6, 6.07) is 14.6. The lowest BCUT2D eigenvalue weighted by Crippen LogP contribution is -1.97. The first-order valence-electron chi connectivity index (χ1n) is 6.13. The highest BCUT2D eigenvalue weighted by Gasteiger charge is 2.25. The number of nitriles is 2. The van der Waals surface area contributed by atoms with Crippen LogP contribution in [0.1, 0.15) is 27.0 Å². The first-order valence-corrected chi connectivity index (χ1v) is 6.13. The molecule has 96 valence electrons. The summed E-state index contributed by atoms with van der Waals surface area (Å²) in [5, 5.41) is 18.0. The van der Waals surface area contributed by atoms with Gasteiger partial charge in [-0.3, -0.25) is 4.79 Å². The zero-order valence-electron chi connectivity index (χ0n) is 11.3. The summed E-state index contributed by atoms with van der Waals surface area (Å²) in [6.45, 7) is 3.81. The van der Waals surface area contributed by atoms with Crippen LogP contribution < -0.4 is 0 Å². The summed E-state index contributed by atoms with van der Waals surface area (Å²) in [6.07, 6.45) is 0. The highest BCUT2D eigenvalue weighted by Crippen LogP contribution is 2.29. The molecule has 0 saturated carbocycles. The molecule has 0 amide bonds. The lowest BCUT2D eigenvalue weighted by molar-refractivity contribution is 0.105. The Bertz CT molecular complexity index is 757. The van der Waals surface area contributed by atoms with Crippen LogP contribution in [0.5, 0.6) is 0 Å². The molecule has 1 aromatic carbocycles. The summed E-state index contributed by atoms with van der Waals surface area (Å²) in [4.78, 5) is 12.4. The number of fused-ring (bicyclic) bond motifs is 2. The Morgan fingerprint density at radius 1 is 0.950 bits per heavy atom. The first-order chi connectivity index (χ1) is 9.56. The zero-order valence-corrected chi connectivity index (χ0v) is 11.3. The van der Waals surface area contributed by atoms with Crippen molar-refractivity contribution in [2.24, 2.45) is 0 Å². The van der Waals surface area contributed by atoms with Gasteiger partial charge in [-0.25, -0.2) is 0 Å². The van der Waals surface area contributed by atoms with Gasteiger partial charge in [0.05, 0.1) is 5.57 Å². The van der Waals surface area contributed by atoms with E-state index in [2.05, 4.69) is 0 Å². The summed E-state index contributed by atoms with van der Waals surface area (Å²) in [5.74, 6) is -0.267. The Hall–Kier alpha value is -2.91. The third-order valence-electron chi connectivity index (χ3n) is 3.05. The molecular weight excluding hydrogens is 248 g/mol. The van der Waals surface area contributed by atoms with Crippen LogP contribution in [0.4, 0.5) is 0 Å². The maximum Gasteiger partial charge on any atom is 0.195 e. The number of hydrogen-bond donors (Lipinski definition) is 0. The molecule has 3 nitrogen and oxygen atoms in total. The number of carbonyl (C=O) groups excluding carboxylic acids is 1. The number of rotatable bonds is 0. The van der Waals surface area contributed by atoms with Crippen molar-refractivity contribution in [3.63, 3.8) is 0 Å². The molecule has 0 aliphatic heterocycles.